The van der Waals surface area contributed by atoms with Gasteiger partial charge in [0.25, 0.3) is 0 Å². The molecule has 0 saturated heterocycles. The van der Waals surface area contributed by atoms with Crippen molar-refractivity contribution in [3.8, 4) is 0 Å². The van der Waals surface area contributed by atoms with Gasteiger partial charge in [-0.25, -0.2) is 0 Å². The lowest BCUT2D eigenvalue weighted by atomic mass is 9.67. The van der Waals surface area contributed by atoms with Gasteiger partial charge in [-0.15, -0.1) is 0 Å². The number of rotatable bonds is 2. The molecule has 2 N–H and O–H groups in total. The van der Waals surface area contributed by atoms with Gasteiger partial charge in [0.2, 0.25) is 0 Å². The standard InChI is InChI=1S/C16H28ClN3/c1-10(2)20-15(13(17)9-19-20)12-8-11(16(3,4)5)6-7-14(12)18/h9-12,14H,6-8,18H2,1-5H3. The minimum Gasteiger partial charge on any atom is -0.327 e. The van der Waals surface area contributed by atoms with Crippen LogP contribution in [0.4, 0.5) is 0 Å². The number of halogens is 1. The van der Waals surface area contributed by atoms with Gasteiger partial charge in [-0.2, -0.15) is 5.10 Å². The molecule has 1 fully saturated rings. The lowest BCUT2D eigenvalue weighted by molar-refractivity contribution is 0.150. The molecule has 4 heteroatoms. The molecule has 0 spiro atoms. The van der Waals surface area contributed by atoms with Gasteiger partial charge < -0.3 is 5.73 Å². The molecule has 0 amide bonds. The zero-order chi connectivity index (χ0) is 15.1. The normalized spacial score (nSPS) is 28.1. The van der Waals surface area contributed by atoms with Crippen LogP contribution in [0.1, 0.15) is 71.5 Å². The first kappa shape index (κ1) is 15.8. The Kier molecular flexibility index (Phi) is 4.50. The van der Waals surface area contributed by atoms with E-state index in [1.54, 1.807) is 6.20 Å². The predicted octanol–water partition coefficient (Wildman–Crippen LogP) is 4.37. The van der Waals surface area contributed by atoms with E-state index in [0.29, 0.717) is 23.3 Å². The minimum absolute atomic E-state index is 0.195. The maximum absolute atomic E-state index is 6.41. The molecule has 1 aliphatic carbocycles. The van der Waals surface area contributed by atoms with Crippen molar-refractivity contribution in [2.24, 2.45) is 17.1 Å². The van der Waals surface area contributed by atoms with E-state index in [1.807, 2.05) is 0 Å². The lowest BCUT2D eigenvalue weighted by Gasteiger charge is -2.41. The Bertz CT molecular complexity index is 459. The van der Waals surface area contributed by atoms with Gasteiger partial charge in [0.05, 0.1) is 16.9 Å². The van der Waals surface area contributed by atoms with Gasteiger partial charge in [-0.1, -0.05) is 32.4 Å². The van der Waals surface area contributed by atoms with Gasteiger partial charge in [0.15, 0.2) is 0 Å². The number of hydrogen-bond acceptors (Lipinski definition) is 2. The summed E-state index contributed by atoms with van der Waals surface area (Å²) in [5.74, 6) is 1.02. The molecule has 0 aliphatic heterocycles. The van der Waals surface area contributed by atoms with E-state index in [9.17, 15) is 0 Å². The maximum Gasteiger partial charge on any atom is 0.0821 e. The third-order valence-corrected chi connectivity index (χ3v) is 5.05. The molecule has 3 nitrogen and oxygen atoms in total. The van der Waals surface area contributed by atoms with Gasteiger partial charge >= 0.3 is 0 Å². The van der Waals surface area contributed by atoms with Crippen LogP contribution in [0.3, 0.4) is 0 Å². The average Bonchev–Trinajstić information content (AvgIpc) is 2.70. The number of hydrogen-bond donors (Lipinski definition) is 1. The SMILES string of the molecule is CC(C)n1ncc(Cl)c1C1CC(C(C)(C)C)CCC1N. The fourth-order valence-electron chi connectivity index (χ4n) is 3.40. The molecule has 3 atom stereocenters. The summed E-state index contributed by atoms with van der Waals surface area (Å²) in [5, 5.41) is 5.21. The fraction of sp³-hybridized carbons (Fsp3) is 0.812. The topological polar surface area (TPSA) is 43.8 Å². The van der Waals surface area contributed by atoms with Crippen LogP contribution >= 0.6 is 11.6 Å². The van der Waals surface area contributed by atoms with Crippen LogP contribution in [0, 0.1) is 11.3 Å². The van der Waals surface area contributed by atoms with Crippen molar-refractivity contribution < 1.29 is 0 Å². The van der Waals surface area contributed by atoms with Gasteiger partial charge in [0, 0.05) is 18.0 Å². The average molecular weight is 298 g/mol. The lowest BCUT2D eigenvalue weighted by Crippen LogP contribution is -2.39. The summed E-state index contributed by atoms with van der Waals surface area (Å²) in [6.07, 6.45) is 5.17. The summed E-state index contributed by atoms with van der Waals surface area (Å²) in [6, 6.07) is 0.514. The van der Waals surface area contributed by atoms with E-state index in [2.05, 4.69) is 44.4 Å². The zero-order valence-electron chi connectivity index (χ0n) is 13.4. The molecule has 1 saturated carbocycles. The first-order valence-electron chi connectivity index (χ1n) is 7.70. The second-order valence-electron chi connectivity index (χ2n) is 7.56. The quantitative estimate of drug-likeness (QED) is 0.880. The van der Waals surface area contributed by atoms with E-state index in [-0.39, 0.29) is 6.04 Å². The number of nitrogens with zero attached hydrogens (tertiary/aromatic N) is 2. The monoisotopic (exact) mass is 297 g/mol. The molecule has 3 unspecified atom stereocenters. The number of nitrogens with two attached hydrogens (primary N) is 1. The first-order valence-corrected chi connectivity index (χ1v) is 8.08. The minimum atomic E-state index is 0.195. The van der Waals surface area contributed by atoms with Crippen molar-refractivity contribution in [3.63, 3.8) is 0 Å². The van der Waals surface area contributed by atoms with Crippen LogP contribution < -0.4 is 5.73 Å². The van der Waals surface area contributed by atoms with Crippen LogP contribution in [0.15, 0.2) is 6.20 Å². The Hall–Kier alpha value is -0.540. The van der Waals surface area contributed by atoms with Gasteiger partial charge in [0.1, 0.15) is 0 Å². The summed E-state index contributed by atoms with van der Waals surface area (Å²) >= 11 is 6.41. The molecule has 0 radical (unpaired) electrons. The largest absolute Gasteiger partial charge is 0.327 e. The van der Waals surface area contributed by atoms with Crippen LogP contribution in [0.2, 0.25) is 5.02 Å². The van der Waals surface area contributed by atoms with Crippen LogP contribution in [0.5, 0.6) is 0 Å². The second-order valence-corrected chi connectivity index (χ2v) is 7.97. The first-order chi connectivity index (χ1) is 9.21. The van der Waals surface area contributed by atoms with Crippen molar-refractivity contribution in [1.82, 2.24) is 9.78 Å². The highest BCUT2D eigenvalue weighted by Gasteiger charge is 2.37. The molecule has 1 aliphatic rings. The van der Waals surface area contributed by atoms with Crippen molar-refractivity contribution in [2.75, 3.05) is 0 Å². The van der Waals surface area contributed by atoms with E-state index in [1.165, 1.54) is 6.42 Å². The Morgan fingerprint density at radius 3 is 2.55 bits per heavy atom. The molecule has 1 heterocycles. The third-order valence-electron chi connectivity index (χ3n) is 4.76. The van der Waals surface area contributed by atoms with Crippen molar-refractivity contribution in [1.29, 1.82) is 0 Å². The molecule has 1 aromatic rings. The van der Waals surface area contributed by atoms with E-state index in [4.69, 9.17) is 17.3 Å². The number of aromatic nitrogens is 2. The Morgan fingerprint density at radius 2 is 2.00 bits per heavy atom. The highest BCUT2D eigenvalue weighted by atomic mass is 35.5. The van der Waals surface area contributed by atoms with Crippen molar-refractivity contribution in [3.05, 3.63) is 16.9 Å². The molecule has 114 valence electrons. The van der Waals surface area contributed by atoms with Crippen LogP contribution in [0.25, 0.3) is 0 Å². The predicted molar refractivity (Wildman–Crippen MR) is 85.1 cm³/mol. The van der Waals surface area contributed by atoms with Crippen molar-refractivity contribution >= 4 is 11.6 Å². The highest BCUT2D eigenvalue weighted by Crippen LogP contribution is 2.45. The van der Waals surface area contributed by atoms with Gasteiger partial charge in [-0.3, -0.25) is 4.68 Å². The van der Waals surface area contributed by atoms with E-state index < -0.39 is 0 Å². The maximum atomic E-state index is 6.41. The van der Waals surface area contributed by atoms with Crippen LogP contribution in [-0.4, -0.2) is 15.8 Å². The Labute approximate surface area is 127 Å². The smallest absolute Gasteiger partial charge is 0.0821 e. The summed E-state index contributed by atoms with van der Waals surface area (Å²) in [5.41, 5.74) is 7.88. The molecule has 2 rings (SSSR count). The second kappa shape index (κ2) is 5.69. The van der Waals surface area contributed by atoms with Crippen LogP contribution in [-0.2, 0) is 0 Å². The molecule has 1 aromatic heterocycles. The molecule has 0 bridgehead atoms. The van der Waals surface area contributed by atoms with Crippen molar-refractivity contribution in [2.45, 2.75) is 71.9 Å². The Balaban J connectivity index is 2.33. The third kappa shape index (κ3) is 3.04. The molecule has 20 heavy (non-hydrogen) atoms. The summed E-state index contributed by atoms with van der Waals surface area (Å²) in [6.45, 7) is 11.3. The van der Waals surface area contributed by atoms with E-state index in [0.717, 1.165) is 23.6 Å². The molecular weight excluding hydrogens is 270 g/mol. The molecular formula is C16H28ClN3. The summed E-state index contributed by atoms with van der Waals surface area (Å²) < 4.78 is 2.05. The summed E-state index contributed by atoms with van der Waals surface area (Å²) in [4.78, 5) is 0. The Morgan fingerprint density at radius 1 is 1.35 bits per heavy atom. The highest BCUT2D eigenvalue weighted by molar-refractivity contribution is 6.31. The zero-order valence-corrected chi connectivity index (χ0v) is 14.1. The fourth-order valence-corrected chi connectivity index (χ4v) is 3.67. The van der Waals surface area contributed by atoms with E-state index >= 15 is 0 Å². The molecule has 0 aromatic carbocycles. The van der Waals surface area contributed by atoms with Gasteiger partial charge in [-0.05, 0) is 44.4 Å². The summed E-state index contributed by atoms with van der Waals surface area (Å²) in [7, 11) is 0.